The highest BCUT2D eigenvalue weighted by Gasteiger charge is 2.17. The minimum Gasteiger partial charge on any atom is -0.491 e. The molecule has 0 saturated carbocycles. The average molecular weight is 538 g/mol. The van der Waals surface area contributed by atoms with Gasteiger partial charge in [0, 0.05) is 12.0 Å². The number of carboxylic acids is 1. The number of benzene rings is 4. The van der Waals surface area contributed by atoms with Gasteiger partial charge in [-0.3, -0.25) is 9.59 Å². The lowest BCUT2D eigenvalue weighted by atomic mass is 9.98. The molecule has 0 heterocycles. The summed E-state index contributed by atoms with van der Waals surface area (Å²) in [7, 11) is 0. The molecule has 0 unspecified atom stereocenters. The molecular formula is C34H35NO5. The van der Waals surface area contributed by atoms with Crippen molar-refractivity contribution < 1.29 is 24.2 Å². The highest BCUT2D eigenvalue weighted by Crippen LogP contribution is 2.30. The smallest absolute Gasteiger partial charge is 0.303 e. The quantitative estimate of drug-likeness (QED) is 0.173. The topological polar surface area (TPSA) is 84.9 Å². The van der Waals surface area contributed by atoms with Crippen LogP contribution < -0.4 is 14.8 Å². The molecule has 0 fully saturated rings. The number of rotatable bonds is 13. The van der Waals surface area contributed by atoms with E-state index in [-0.39, 0.29) is 25.0 Å². The zero-order valence-electron chi connectivity index (χ0n) is 22.9. The van der Waals surface area contributed by atoms with E-state index in [0.29, 0.717) is 29.2 Å². The van der Waals surface area contributed by atoms with Gasteiger partial charge in [0.1, 0.15) is 17.6 Å². The molecular weight excluding hydrogens is 502 g/mol. The van der Waals surface area contributed by atoms with Gasteiger partial charge < -0.3 is 19.9 Å². The molecule has 0 aliphatic rings. The molecule has 4 rings (SSSR count). The average Bonchev–Trinajstić information content (AvgIpc) is 2.99. The molecule has 206 valence electrons. The molecule has 0 aromatic heterocycles. The van der Waals surface area contributed by atoms with Crippen LogP contribution in [0.1, 0.15) is 65.4 Å². The molecule has 6 nitrogen and oxygen atoms in total. The van der Waals surface area contributed by atoms with Gasteiger partial charge in [-0.25, -0.2) is 0 Å². The zero-order valence-corrected chi connectivity index (χ0v) is 22.9. The number of amides is 1. The standard InChI is InChI=1S/C34H35NO5/c1-3-24-11-15-26(16-12-24)33(27-17-13-25(4-2)14-18-27)40-29-21-19-28(20-22-29)34(38)35-30-8-5-6-9-31(30)39-23-7-10-32(36)37/h5-6,8-9,11-22,33H,3-4,7,10,23H2,1-2H3,(H,35,38)(H,36,37). The summed E-state index contributed by atoms with van der Waals surface area (Å²) in [4.78, 5) is 23.7. The number of para-hydroxylation sites is 2. The molecule has 0 bridgehead atoms. The highest BCUT2D eigenvalue weighted by molar-refractivity contribution is 6.05. The van der Waals surface area contributed by atoms with Crippen LogP contribution in [0.15, 0.2) is 97.1 Å². The molecule has 2 N–H and O–H groups in total. The molecule has 4 aromatic rings. The summed E-state index contributed by atoms with van der Waals surface area (Å²) in [5.41, 5.74) is 5.66. The lowest BCUT2D eigenvalue weighted by Gasteiger charge is -2.21. The highest BCUT2D eigenvalue weighted by atomic mass is 16.5. The Bertz CT molecular complexity index is 1350. The number of carboxylic acid groups (broad SMARTS) is 1. The van der Waals surface area contributed by atoms with Gasteiger partial charge in [-0.05, 0) is 77.9 Å². The summed E-state index contributed by atoms with van der Waals surface area (Å²) >= 11 is 0. The van der Waals surface area contributed by atoms with Gasteiger partial charge in [-0.2, -0.15) is 0 Å². The van der Waals surface area contributed by atoms with Crippen LogP contribution in [0.25, 0.3) is 0 Å². The summed E-state index contributed by atoms with van der Waals surface area (Å²) < 4.78 is 12.2. The Labute approximate surface area is 235 Å². The van der Waals surface area contributed by atoms with Crippen LogP contribution >= 0.6 is 0 Å². The number of aryl methyl sites for hydroxylation is 2. The van der Waals surface area contributed by atoms with E-state index >= 15 is 0 Å². The molecule has 0 saturated heterocycles. The second-order valence-corrected chi connectivity index (χ2v) is 9.51. The number of carbonyl (C=O) groups is 2. The first kappa shape index (κ1) is 28.4. The summed E-state index contributed by atoms with van der Waals surface area (Å²) in [6, 6.07) is 31.1. The minimum absolute atomic E-state index is 0.0257. The first-order valence-corrected chi connectivity index (χ1v) is 13.7. The molecule has 0 radical (unpaired) electrons. The van der Waals surface area contributed by atoms with Crippen LogP contribution in [0.4, 0.5) is 5.69 Å². The lowest BCUT2D eigenvalue weighted by Crippen LogP contribution is -2.13. The largest absolute Gasteiger partial charge is 0.491 e. The molecule has 1 amide bonds. The molecule has 6 heteroatoms. The summed E-state index contributed by atoms with van der Waals surface area (Å²) in [5.74, 6) is -0.00204. The Morgan fingerprint density at radius 1 is 0.775 bits per heavy atom. The van der Waals surface area contributed by atoms with Crippen LogP contribution in [0.2, 0.25) is 0 Å². The molecule has 0 aliphatic carbocycles. The van der Waals surface area contributed by atoms with Gasteiger partial charge in [0.05, 0.1) is 12.3 Å². The second-order valence-electron chi connectivity index (χ2n) is 9.51. The summed E-state index contributed by atoms with van der Waals surface area (Å²) in [6.45, 7) is 4.52. The molecule has 0 atom stereocenters. The Kier molecular flexibility index (Phi) is 9.94. The summed E-state index contributed by atoms with van der Waals surface area (Å²) in [6.07, 6.45) is 2.06. The van der Waals surface area contributed by atoms with E-state index in [1.54, 1.807) is 48.5 Å². The van der Waals surface area contributed by atoms with Gasteiger partial charge in [-0.1, -0.05) is 74.5 Å². The van der Waals surface area contributed by atoms with Crippen molar-refractivity contribution in [2.24, 2.45) is 0 Å². The van der Waals surface area contributed by atoms with Gasteiger partial charge in [0.25, 0.3) is 5.91 Å². The maximum atomic E-state index is 13.0. The Morgan fingerprint density at radius 2 is 1.35 bits per heavy atom. The molecule has 40 heavy (non-hydrogen) atoms. The second kappa shape index (κ2) is 14.0. The number of nitrogens with one attached hydrogen (secondary N) is 1. The van der Waals surface area contributed by atoms with Gasteiger partial charge in [0.2, 0.25) is 0 Å². The maximum Gasteiger partial charge on any atom is 0.303 e. The van der Waals surface area contributed by atoms with E-state index in [1.807, 2.05) is 0 Å². The SMILES string of the molecule is CCc1ccc(C(Oc2ccc(C(=O)Nc3ccccc3OCCCC(=O)O)cc2)c2ccc(CC)cc2)cc1. The maximum absolute atomic E-state index is 13.0. The monoisotopic (exact) mass is 537 g/mol. The van der Waals surface area contributed by atoms with E-state index in [0.717, 1.165) is 24.0 Å². The first-order valence-electron chi connectivity index (χ1n) is 13.7. The van der Waals surface area contributed by atoms with Crippen molar-refractivity contribution in [3.63, 3.8) is 0 Å². The predicted molar refractivity (Wildman–Crippen MR) is 157 cm³/mol. The van der Waals surface area contributed by atoms with Crippen molar-refractivity contribution >= 4 is 17.6 Å². The van der Waals surface area contributed by atoms with E-state index < -0.39 is 5.97 Å². The van der Waals surface area contributed by atoms with Crippen LogP contribution in [0, 0.1) is 0 Å². The van der Waals surface area contributed by atoms with Crippen LogP contribution in [-0.2, 0) is 17.6 Å². The van der Waals surface area contributed by atoms with Crippen LogP contribution in [-0.4, -0.2) is 23.6 Å². The fourth-order valence-electron chi connectivity index (χ4n) is 4.30. The van der Waals surface area contributed by atoms with Gasteiger partial charge in [0.15, 0.2) is 0 Å². The molecule has 4 aromatic carbocycles. The van der Waals surface area contributed by atoms with E-state index in [9.17, 15) is 9.59 Å². The third-order valence-electron chi connectivity index (χ3n) is 6.68. The normalized spacial score (nSPS) is 10.8. The minimum atomic E-state index is -0.868. The lowest BCUT2D eigenvalue weighted by molar-refractivity contribution is -0.137. The number of hydrogen-bond donors (Lipinski definition) is 2. The predicted octanol–water partition coefficient (Wildman–Crippen LogP) is 7.48. The van der Waals surface area contributed by atoms with Gasteiger partial charge in [-0.15, -0.1) is 0 Å². The van der Waals surface area contributed by atoms with Crippen molar-refractivity contribution in [2.75, 3.05) is 11.9 Å². The van der Waals surface area contributed by atoms with Crippen molar-refractivity contribution in [3.05, 3.63) is 125 Å². The van der Waals surface area contributed by atoms with E-state index in [2.05, 4.69) is 67.7 Å². The van der Waals surface area contributed by atoms with Crippen LogP contribution in [0.3, 0.4) is 0 Å². The van der Waals surface area contributed by atoms with Crippen molar-refractivity contribution in [2.45, 2.75) is 45.6 Å². The Hall–Kier alpha value is -4.58. The van der Waals surface area contributed by atoms with E-state index in [1.165, 1.54) is 11.1 Å². The number of carbonyl (C=O) groups excluding carboxylic acids is 1. The van der Waals surface area contributed by atoms with Crippen molar-refractivity contribution in [1.82, 2.24) is 0 Å². The van der Waals surface area contributed by atoms with Crippen molar-refractivity contribution in [3.8, 4) is 11.5 Å². The van der Waals surface area contributed by atoms with E-state index in [4.69, 9.17) is 14.6 Å². The Balaban J connectivity index is 1.47. The third-order valence-corrected chi connectivity index (χ3v) is 6.68. The first-order chi connectivity index (χ1) is 19.5. The number of ether oxygens (including phenoxy) is 2. The molecule has 0 spiro atoms. The number of anilines is 1. The number of hydrogen-bond acceptors (Lipinski definition) is 4. The Morgan fingerprint density at radius 3 is 1.90 bits per heavy atom. The van der Waals surface area contributed by atoms with Gasteiger partial charge >= 0.3 is 5.97 Å². The summed E-state index contributed by atoms with van der Waals surface area (Å²) in [5, 5.41) is 11.7. The van der Waals surface area contributed by atoms with Crippen molar-refractivity contribution in [1.29, 1.82) is 0 Å². The van der Waals surface area contributed by atoms with Crippen LogP contribution in [0.5, 0.6) is 11.5 Å². The fraction of sp³-hybridized carbons (Fsp3) is 0.235. The third kappa shape index (κ3) is 7.73. The zero-order chi connectivity index (χ0) is 28.3. The fourth-order valence-corrected chi connectivity index (χ4v) is 4.30. The number of aliphatic carboxylic acids is 1. The molecule has 0 aliphatic heterocycles.